The minimum Gasteiger partial charge on any atom is -0.497 e. The Morgan fingerprint density at radius 1 is 1.19 bits per heavy atom. The van der Waals surface area contributed by atoms with Crippen molar-refractivity contribution < 1.29 is 9.13 Å². The molecule has 36 heavy (non-hydrogen) atoms. The third-order valence-corrected chi connectivity index (χ3v) is 7.20. The van der Waals surface area contributed by atoms with E-state index in [-0.39, 0.29) is 12.6 Å². The molecule has 2 aromatic carbocycles. The van der Waals surface area contributed by atoms with Crippen molar-refractivity contribution >= 4 is 22.9 Å². The summed E-state index contributed by atoms with van der Waals surface area (Å²) in [6, 6.07) is 14.6. The largest absolute Gasteiger partial charge is 0.497 e. The topological polar surface area (TPSA) is 65.0 Å². The Labute approximate surface area is 212 Å². The Bertz CT molecular complexity index is 1320. The number of hydrogen-bond donors (Lipinski definition) is 2. The lowest BCUT2D eigenvalue weighted by Gasteiger charge is -2.37. The SMILES string of the molecule is COc1ccc2c(c1)CCCC(c1ccccc1C)=C2C(=N)/C=C\c1ncc(CN2CC(CF)C2)[nH]1. The van der Waals surface area contributed by atoms with Crippen molar-refractivity contribution in [3.63, 3.8) is 0 Å². The van der Waals surface area contributed by atoms with Crippen LogP contribution in [0.15, 0.2) is 54.7 Å². The van der Waals surface area contributed by atoms with Crippen LogP contribution < -0.4 is 4.74 Å². The monoisotopic (exact) mass is 484 g/mol. The van der Waals surface area contributed by atoms with Gasteiger partial charge < -0.3 is 15.1 Å². The molecule has 1 aromatic heterocycles. The van der Waals surface area contributed by atoms with Gasteiger partial charge in [-0.1, -0.05) is 30.3 Å². The van der Waals surface area contributed by atoms with E-state index in [1.54, 1.807) is 7.11 Å². The zero-order valence-corrected chi connectivity index (χ0v) is 21.0. The fourth-order valence-corrected chi connectivity index (χ4v) is 5.31. The molecule has 2 aliphatic rings. The molecule has 0 spiro atoms. The van der Waals surface area contributed by atoms with Gasteiger partial charge in [0, 0.05) is 43.0 Å². The number of nitrogens with one attached hydrogen (secondary N) is 2. The van der Waals surface area contributed by atoms with Gasteiger partial charge in [0.25, 0.3) is 0 Å². The Morgan fingerprint density at radius 2 is 2.03 bits per heavy atom. The van der Waals surface area contributed by atoms with Crippen molar-refractivity contribution in [3.8, 4) is 5.75 Å². The number of methoxy groups -OCH3 is 1. The fourth-order valence-electron chi connectivity index (χ4n) is 5.31. The van der Waals surface area contributed by atoms with Gasteiger partial charge in [0.2, 0.25) is 0 Å². The van der Waals surface area contributed by atoms with Crippen molar-refractivity contribution in [2.45, 2.75) is 32.7 Å². The number of aromatic nitrogens is 2. The lowest BCUT2D eigenvalue weighted by atomic mass is 9.87. The number of allylic oxidation sites excluding steroid dienone is 3. The predicted octanol–water partition coefficient (Wildman–Crippen LogP) is 6.11. The van der Waals surface area contributed by atoms with Gasteiger partial charge in [-0.05, 0) is 78.3 Å². The molecule has 5 nitrogen and oxygen atoms in total. The van der Waals surface area contributed by atoms with Crippen LogP contribution in [0, 0.1) is 18.3 Å². The van der Waals surface area contributed by atoms with Crippen molar-refractivity contribution in [1.82, 2.24) is 14.9 Å². The second-order valence-electron chi connectivity index (χ2n) is 9.80. The molecule has 2 N–H and O–H groups in total. The number of hydrogen-bond acceptors (Lipinski definition) is 4. The number of ether oxygens (including phenoxy) is 1. The van der Waals surface area contributed by atoms with E-state index in [0.717, 1.165) is 67.3 Å². The molecule has 3 aromatic rings. The third-order valence-electron chi connectivity index (χ3n) is 7.20. The van der Waals surface area contributed by atoms with E-state index in [4.69, 9.17) is 10.1 Å². The first-order valence-electron chi connectivity index (χ1n) is 12.6. The first-order chi connectivity index (χ1) is 17.6. The molecule has 5 rings (SSSR count). The highest BCUT2D eigenvalue weighted by Crippen LogP contribution is 2.39. The molecule has 1 aliphatic heterocycles. The quantitative estimate of drug-likeness (QED) is 0.379. The van der Waals surface area contributed by atoms with Gasteiger partial charge in [-0.25, -0.2) is 4.98 Å². The zero-order valence-electron chi connectivity index (χ0n) is 21.0. The van der Waals surface area contributed by atoms with Crippen molar-refractivity contribution in [2.24, 2.45) is 5.92 Å². The Kier molecular flexibility index (Phi) is 7.14. The molecule has 186 valence electrons. The summed E-state index contributed by atoms with van der Waals surface area (Å²) in [6.45, 7) is 4.23. The van der Waals surface area contributed by atoms with Gasteiger partial charge in [-0.3, -0.25) is 9.29 Å². The van der Waals surface area contributed by atoms with E-state index in [1.165, 1.54) is 22.3 Å². The standard InChI is InChI=1S/C30H33FN4O/c1-20-6-3-4-8-25(20)27-9-5-7-22-14-24(36-2)10-11-26(22)30(27)28(32)12-13-29-33-16-23(34-29)19-35-17-21(15-31)18-35/h3-4,6,8,10-14,16,21,32H,5,7,9,15,17-19H2,1-2H3,(H,33,34)/b13-12-,32-28?. The van der Waals surface area contributed by atoms with Crippen LogP contribution in [0.5, 0.6) is 5.75 Å². The van der Waals surface area contributed by atoms with E-state index in [9.17, 15) is 4.39 Å². The normalized spacial score (nSPS) is 16.6. The number of aromatic amines is 1. The highest BCUT2D eigenvalue weighted by molar-refractivity contribution is 6.34. The molecule has 1 saturated heterocycles. The van der Waals surface area contributed by atoms with Gasteiger partial charge in [0.15, 0.2) is 0 Å². The van der Waals surface area contributed by atoms with Crippen LogP contribution in [0.25, 0.3) is 17.2 Å². The summed E-state index contributed by atoms with van der Waals surface area (Å²) in [5, 5.41) is 9.15. The van der Waals surface area contributed by atoms with Crippen LogP contribution in [0.1, 0.15) is 46.6 Å². The maximum absolute atomic E-state index is 12.7. The molecule has 0 amide bonds. The average molecular weight is 485 g/mol. The summed E-state index contributed by atoms with van der Waals surface area (Å²) in [7, 11) is 1.69. The molecule has 1 aliphatic carbocycles. The van der Waals surface area contributed by atoms with Gasteiger partial charge >= 0.3 is 0 Å². The number of imidazole rings is 1. The molecule has 1 fully saturated rings. The molecule has 0 atom stereocenters. The van der Waals surface area contributed by atoms with E-state index < -0.39 is 0 Å². The Hall–Kier alpha value is -3.51. The smallest absolute Gasteiger partial charge is 0.130 e. The third kappa shape index (κ3) is 5.05. The second-order valence-corrected chi connectivity index (χ2v) is 9.80. The second kappa shape index (κ2) is 10.6. The summed E-state index contributed by atoms with van der Waals surface area (Å²) < 4.78 is 18.2. The van der Waals surface area contributed by atoms with Crippen LogP contribution in [0.3, 0.4) is 0 Å². The number of H-pyrrole nitrogens is 1. The van der Waals surface area contributed by atoms with E-state index in [2.05, 4.69) is 58.2 Å². The highest BCUT2D eigenvalue weighted by atomic mass is 19.1. The first-order valence-corrected chi connectivity index (χ1v) is 12.6. The van der Waals surface area contributed by atoms with Crippen LogP contribution in [-0.2, 0) is 13.0 Å². The summed E-state index contributed by atoms with van der Waals surface area (Å²) in [6.07, 6.45) is 8.43. The minimum absolute atomic E-state index is 0.172. The number of nitrogens with zero attached hydrogens (tertiary/aromatic N) is 2. The van der Waals surface area contributed by atoms with Crippen molar-refractivity contribution in [1.29, 1.82) is 5.41 Å². The van der Waals surface area contributed by atoms with Crippen LogP contribution in [-0.4, -0.2) is 47.5 Å². The van der Waals surface area contributed by atoms with Crippen molar-refractivity contribution in [2.75, 3.05) is 26.9 Å². The van der Waals surface area contributed by atoms with Crippen LogP contribution in [0.4, 0.5) is 4.39 Å². The molecule has 2 heterocycles. The zero-order chi connectivity index (χ0) is 25.1. The van der Waals surface area contributed by atoms with Gasteiger partial charge in [0.1, 0.15) is 11.6 Å². The van der Waals surface area contributed by atoms with Crippen LogP contribution in [0.2, 0.25) is 0 Å². The number of halogens is 1. The molecule has 0 bridgehead atoms. The molecule has 0 radical (unpaired) electrons. The summed E-state index contributed by atoms with van der Waals surface area (Å²) in [5.74, 6) is 1.74. The molecule has 0 saturated carbocycles. The predicted molar refractivity (Wildman–Crippen MR) is 144 cm³/mol. The van der Waals surface area contributed by atoms with Gasteiger partial charge in [-0.15, -0.1) is 0 Å². The van der Waals surface area contributed by atoms with E-state index in [0.29, 0.717) is 5.71 Å². The summed E-state index contributed by atoms with van der Waals surface area (Å²) >= 11 is 0. The van der Waals surface area contributed by atoms with Crippen molar-refractivity contribution in [3.05, 3.63) is 88.5 Å². The van der Waals surface area contributed by atoms with E-state index >= 15 is 0 Å². The van der Waals surface area contributed by atoms with E-state index in [1.807, 2.05) is 24.4 Å². The van der Waals surface area contributed by atoms with Gasteiger partial charge in [-0.2, -0.15) is 0 Å². The highest BCUT2D eigenvalue weighted by Gasteiger charge is 2.26. The Balaban J connectivity index is 1.46. The maximum Gasteiger partial charge on any atom is 0.130 e. The lowest BCUT2D eigenvalue weighted by Crippen LogP contribution is -2.46. The minimum atomic E-state index is -0.244. The lowest BCUT2D eigenvalue weighted by molar-refractivity contribution is 0.0727. The molecular weight excluding hydrogens is 451 g/mol. The fraction of sp³-hybridized carbons (Fsp3) is 0.333. The number of likely N-dealkylation sites (tertiary alicyclic amines) is 1. The average Bonchev–Trinajstić information content (AvgIpc) is 3.23. The molecule has 6 heteroatoms. The first kappa shape index (κ1) is 24.2. The Morgan fingerprint density at radius 3 is 2.81 bits per heavy atom. The maximum atomic E-state index is 12.7. The van der Waals surface area contributed by atoms with Crippen LogP contribution >= 0.6 is 0 Å². The summed E-state index contributed by atoms with van der Waals surface area (Å²) in [5.41, 5.74) is 8.39. The summed E-state index contributed by atoms with van der Waals surface area (Å²) in [4.78, 5) is 10.0. The number of rotatable bonds is 8. The number of fused-ring (bicyclic) bond motifs is 1. The number of benzene rings is 2. The molecular formula is C30H33FN4O. The number of aryl methyl sites for hydroxylation is 2. The number of alkyl halides is 1. The van der Waals surface area contributed by atoms with Gasteiger partial charge in [0.05, 0.1) is 19.5 Å². The molecule has 0 unspecified atom stereocenters.